The fraction of sp³-hybridized carbons (Fsp3) is 0.500. The highest BCUT2D eigenvalue weighted by Gasteiger charge is 2.22. The van der Waals surface area contributed by atoms with Gasteiger partial charge >= 0.3 is 5.97 Å². The van der Waals surface area contributed by atoms with Crippen molar-refractivity contribution in [3.63, 3.8) is 0 Å². The Morgan fingerprint density at radius 3 is 3.15 bits per heavy atom. The van der Waals surface area contributed by atoms with Gasteiger partial charge in [-0.15, -0.1) is 0 Å². The molecular formula is C16H20N2O2. The fourth-order valence-electron chi connectivity index (χ4n) is 2.48. The number of piperidine rings is 1. The van der Waals surface area contributed by atoms with E-state index in [1.165, 1.54) is 25.3 Å². The molecule has 1 aromatic rings. The molecule has 0 unspecified atom stereocenters. The van der Waals surface area contributed by atoms with Crippen molar-refractivity contribution in [2.45, 2.75) is 32.2 Å². The number of hydrogen-bond acceptors (Lipinski definition) is 4. The van der Waals surface area contributed by atoms with Crippen molar-refractivity contribution in [3.8, 4) is 11.8 Å². The van der Waals surface area contributed by atoms with Crippen LogP contribution in [0.1, 0.15) is 37.8 Å². The normalized spacial score (nSPS) is 18.9. The number of aromatic nitrogens is 1. The van der Waals surface area contributed by atoms with Crippen molar-refractivity contribution in [1.29, 1.82) is 0 Å². The topological polar surface area (TPSA) is 42.4 Å². The summed E-state index contributed by atoms with van der Waals surface area (Å²) in [6.45, 7) is 3.34. The molecule has 4 nitrogen and oxygen atoms in total. The van der Waals surface area contributed by atoms with Crippen LogP contribution in [0.15, 0.2) is 24.5 Å². The van der Waals surface area contributed by atoms with E-state index in [0.717, 1.165) is 13.0 Å². The molecule has 1 aromatic heterocycles. The van der Waals surface area contributed by atoms with Crippen LogP contribution in [-0.2, 0) is 9.53 Å². The van der Waals surface area contributed by atoms with Crippen molar-refractivity contribution >= 4 is 5.97 Å². The molecule has 0 radical (unpaired) electrons. The maximum Gasteiger partial charge on any atom is 0.303 e. The molecule has 2 rings (SSSR count). The standard InChI is InChI=1S/C16H20N2O2/c1-14(19)20-12-5-4-11-18-10-3-2-8-16(18)15-7-6-9-17-13-15/h6-7,9,13,16H,2-3,8,10-12H2,1H3/t16-/m1/s1. The highest BCUT2D eigenvalue weighted by Crippen LogP contribution is 2.29. The Morgan fingerprint density at radius 1 is 1.50 bits per heavy atom. The van der Waals surface area contributed by atoms with E-state index in [4.69, 9.17) is 4.74 Å². The lowest BCUT2D eigenvalue weighted by atomic mass is 9.96. The van der Waals surface area contributed by atoms with Crippen LogP contribution in [0.2, 0.25) is 0 Å². The lowest BCUT2D eigenvalue weighted by Gasteiger charge is -2.34. The van der Waals surface area contributed by atoms with Crippen LogP contribution < -0.4 is 0 Å². The van der Waals surface area contributed by atoms with E-state index in [-0.39, 0.29) is 12.6 Å². The average Bonchev–Trinajstić information content (AvgIpc) is 2.48. The van der Waals surface area contributed by atoms with E-state index >= 15 is 0 Å². The van der Waals surface area contributed by atoms with Crippen molar-refractivity contribution in [2.24, 2.45) is 0 Å². The zero-order valence-corrected chi connectivity index (χ0v) is 11.8. The molecule has 106 valence electrons. The summed E-state index contributed by atoms with van der Waals surface area (Å²) in [5.41, 5.74) is 1.26. The predicted octanol–water partition coefficient (Wildman–Crippen LogP) is 2.18. The second-order valence-corrected chi connectivity index (χ2v) is 4.90. The minimum atomic E-state index is -0.287. The summed E-state index contributed by atoms with van der Waals surface area (Å²) in [5.74, 6) is 5.69. The molecule has 4 heteroatoms. The first-order chi connectivity index (χ1) is 9.77. The van der Waals surface area contributed by atoms with Gasteiger partial charge in [0.2, 0.25) is 0 Å². The third-order valence-electron chi connectivity index (χ3n) is 3.44. The van der Waals surface area contributed by atoms with Gasteiger partial charge < -0.3 is 4.74 Å². The number of rotatable bonds is 3. The second kappa shape index (κ2) is 7.66. The summed E-state index contributed by atoms with van der Waals surface area (Å²) in [6.07, 6.45) is 7.35. The maximum absolute atomic E-state index is 10.6. The smallest absolute Gasteiger partial charge is 0.303 e. The lowest BCUT2D eigenvalue weighted by molar-refractivity contribution is -0.139. The number of hydrogen-bond donors (Lipinski definition) is 0. The maximum atomic E-state index is 10.6. The number of likely N-dealkylation sites (tertiary alicyclic amines) is 1. The molecule has 0 aliphatic carbocycles. The summed E-state index contributed by atoms with van der Waals surface area (Å²) >= 11 is 0. The largest absolute Gasteiger partial charge is 0.453 e. The van der Waals surface area contributed by atoms with E-state index in [1.54, 1.807) is 6.20 Å². The number of carbonyl (C=O) groups excluding carboxylic acids is 1. The van der Waals surface area contributed by atoms with E-state index in [2.05, 4.69) is 27.8 Å². The minimum Gasteiger partial charge on any atom is -0.453 e. The molecule has 1 aliphatic heterocycles. The van der Waals surface area contributed by atoms with Crippen LogP contribution in [0, 0.1) is 11.8 Å². The Hall–Kier alpha value is -1.86. The van der Waals surface area contributed by atoms with E-state index in [1.807, 2.05) is 12.3 Å². The summed E-state index contributed by atoms with van der Waals surface area (Å²) in [6, 6.07) is 4.51. The highest BCUT2D eigenvalue weighted by molar-refractivity contribution is 5.66. The Morgan fingerprint density at radius 2 is 2.40 bits per heavy atom. The second-order valence-electron chi connectivity index (χ2n) is 4.90. The molecular weight excluding hydrogens is 252 g/mol. The molecule has 0 bridgehead atoms. The van der Waals surface area contributed by atoms with Crippen LogP contribution >= 0.6 is 0 Å². The Labute approximate surface area is 120 Å². The van der Waals surface area contributed by atoms with Gasteiger partial charge in [0.25, 0.3) is 0 Å². The fourth-order valence-corrected chi connectivity index (χ4v) is 2.48. The molecule has 1 aliphatic rings. The Kier molecular flexibility index (Phi) is 5.57. The van der Waals surface area contributed by atoms with Crippen molar-refractivity contribution < 1.29 is 9.53 Å². The van der Waals surface area contributed by atoms with Crippen molar-refractivity contribution in [2.75, 3.05) is 19.7 Å². The molecule has 2 heterocycles. The van der Waals surface area contributed by atoms with Gasteiger partial charge in [-0.3, -0.25) is 14.7 Å². The van der Waals surface area contributed by atoms with Gasteiger partial charge in [-0.05, 0) is 31.0 Å². The Balaban J connectivity index is 1.92. The van der Waals surface area contributed by atoms with Gasteiger partial charge in [-0.1, -0.05) is 24.3 Å². The van der Waals surface area contributed by atoms with Gasteiger partial charge in [0.05, 0.1) is 6.54 Å². The van der Waals surface area contributed by atoms with Crippen LogP contribution in [0.3, 0.4) is 0 Å². The highest BCUT2D eigenvalue weighted by atomic mass is 16.5. The predicted molar refractivity (Wildman–Crippen MR) is 76.8 cm³/mol. The first-order valence-corrected chi connectivity index (χ1v) is 7.00. The molecule has 1 fully saturated rings. The third kappa shape index (κ3) is 4.36. The number of esters is 1. The summed E-state index contributed by atoms with van der Waals surface area (Å²) in [7, 11) is 0. The van der Waals surface area contributed by atoms with E-state index < -0.39 is 0 Å². The number of carbonyl (C=O) groups is 1. The zero-order chi connectivity index (χ0) is 14.2. The number of nitrogens with zero attached hydrogens (tertiary/aromatic N) is 2. The van der Waals surface area contributed by atoms with Crippen LogP contribution in [0.5, 0.6) is 0 Å². The molecule has 1 atom stereocenters. The summed E-state index contributed by atoms with van der Waals surface area (Å²) < 4.78 is 4.80. The molecule has 0 spiro atoms. The zero-order valence-electron chi connectivity index (χ0n) is 11.8. The van der Waals surface area contributed by atoms with Gasteiger partial charge in [0, 0.05) is 25.4 Å². The van der Waals surface area contributed by atoms with Gasteiger partial charge in [0.1, 0.15) is 0 Å². The minimum absolute atomic E-state index is 0.181. The van der Waals surface area contributed by atoms with E-state index in [0.29, 0.717) is 12.6 Å². The third-order valence-corrected chi connectivity index (χ3v) is 3.44. The SMILES string of the molecule is CC(=O)OCC#CCN1CCCC[C@@H]1c1cccnc1. The van der Waals surface area contributed by atoms with Crippen molar-refractivity contribution in [3.05, 3.63) is 30.1 Å². The quantitative estimate of drug-likeness (QED) is 0.625. The van der Waals surface area contributed by atoms with E-state index in [9.17, 15) is 4.79 Å². The first-order valence-electron chi connectivity index (χ1n) is 7.00. The molecule has 1 saturated heterocycles. The average molecular weight is 272 g/mol. The number of pyridine rings is 1. The summed E-state index contributed by atoms with van der Waals surface area (Å²) in [4.78, 5) is 17.2. The van der Waals surface area contributed by atoms with Gasteiger partial charge in [-0.2, -0.15) is 0 Å². The van der Waals surface area contributed by atoms with Gasteiger partial charge in [0.15, 0.2) is 6.61 Å². The van der Waals surface area contributed by atoms with Crippen LogP contribution in [0.25, 0.3) is 0 Å². The van der Waals surface area contributed by atoms with Crippen LogP contribution in [-0.4, -0.2) is 35.5 Å². The monoisotopic (exact) mass is 272 g/mol. The molecule has 0 aromatic carbocycles. The van der Waals surface area contributed by atoms with Crippen LogP contribution in [0.4, 0.5) is 0 Å². The van der Waals surface area contributed by atoms with Gasteiger partial charge in [-0.25, -0.2) is 0 Å². The molecule has 20 heavy (non-hydrogen) atoms. The first kappa shape index (κ1) is 14.5. The summed E-state index contributed by atoms with van der Waals surface area (Å²) in [5, 5.41) is 0. The molecule has 0 N–H and O–H groups in total. The number of ether oxygens (including phenoxy) is 1. The van der Waals surface area contributed by atoms with Crippen molar-refractivity contribution in [1.82, 2.24) is 9.88 Å². The molecule has 0 amide bonds. The lowest BCUT2D eigenvalue weighted by Crippen LogP contribution is -2.33. The Bertz CT molecular complexity index is 490. The molecule has 0 saturated carbocycles.